The summed E-state index contributed by atoms with van der Waals surface area (Å²) in [6.07, 6.45) is 11.2. The standard InChI is InChI=1S/C7H6/c1-3-6-5-7(6)4-2/h1-2,6-7H,5H2/t6-,7+. The highest BCUT2D eigenvalue weighted by molar-refractivity contribution is 5.17. The second-order valence-electron chi connectivity index (χ2n) is 1.78. The van der Waals surface area contributed by atoms with E-state index in [0.29, 0.717) is 11.8 Å². The van der Waals surface area contributed by atoms with E-state index in [-0.39, 0.29) is 0 Å². The van der Waals surface area contributed by atoms with E-state index in [2.05, 4.69) is 11.8 Å². The molecule has 0 aromatic rings. The molecule has 0 unspecified atom stereocenters. The molecule has 7 heavy (non-hydrogen) atoms. The summed E-state index contributed by atoms with van der Waals surface area (Å²) in [6.45, 7) is 0. The molecule has 1 saturated carbocycles. The van der Waals surface area contributed by atoms with Crippen molar-refractivity contribution in [2.45, 2.75) is 6.42 Å². The zero-order chi connectivity index (χ0) is 5.28. The van der Waals surface area contributed by atoms with E-state index in [1.54, 1.807) is 0 Å². The van der Waals surface area contributed by atoms with Crippen molar-refractivity contribution in [3.8, 4) is 24.7 Å². The summed E-state index contributed by atoms with van der Waals surface area (Å²) < 4.78 is 0. The van der Waals surface area contributed by atoms with Crippen molar-refractivity contribution in [1.82, 2.24) is 0 Å². The summed E-state index contributed by atoms with van der Waals surface area (Å²) in [6, 6.07) is 0. The molecule has 1 rings (SSSR count). The molecule has 0 heterocycles. The molecule has 0 spiro atoms. The average Bonchev–Trinajstić information content (AvgIpc) is 2.43. The summed E-state index contributed by atoms with van der Waals surface area (Å²) in [5.74, 6) is 6.01. The minimum atomic E-state index is 0.407. The van der Waals surface area contributed by atoms with Crippen LogP contribution in [0, 0.1) is 36.5 Å². The Morgan fingerprint density at radius 3 is 1.71 bits per heavy atom. The van der Waals surface area contributed by atoms with Crippen LogP contribution >= 0.6 is 0 Å². The Morgan fingerprint density at radius 1 is 1.14 bits per heavy atom. The molecule has 34 valence electrons. The van der Waals surface area contributed by atoms with E-state index in [4.69, 9.17) is 12.8 Å². The molecule has 1 fully saturated rings. The van der Waals surface area contributed by atoms with Crippen LogP contribution in [0.15, 0.2) is 0 Å². The third kappa shape index (κ3) is 0.599. The number of hydrogen-bond acceptors (Lipinski definition) is 0. The molecule has 0 aliphatic heterocycles. The minimum Gasteiger partial charge on any atom is -0.120 e. The fourth-order valence-corrected chi connectivity index (χ4v) is 0.563. The normalized spacial score (nSPS) is 35.7. The zero-order valence-electron chi connectivity index (χ0n) is 4.02. The van der Waals surface area contributed by atoms with Crippen LogP contribution < -0.4 is 0 Å². The zero-order valence-corrected chi connectivity index (χ0v) is 4.02. The van der Waals surface area contributed by atoms with Crippen molar-refractivity contribution >= 4 is 0 Å². The van der Waals surface area contributed by atoms with Gasteiger partial charge in [-0.05, 0) is 6.42 Å². The first-order chi connectivity index (χ1) is 3.38. The van der Waals surface area contributed by atoms with E-state index < -0.39 is 0 Å². The maximum absolute atomic E-state index is 5.05. The SMILES string of the molecule is C#C[C@@H]1C[C@@H]1C#C. The first kappa shape index (κ1) is 4.28. The third-order valence-electron chi connectivity index (χ3n) is 1.22. The van der Waals surface area contributed by atoms with Crippen molar-refractivity contribution in [1.29, 1.82) is 0 Å². The second-order valence-corrected chi connectivity index (χ2v) is 1.78. The highest BCUT2D eigenvalue weighted by Gasteiger charge is 2.33. The van der Waals surface area contributed by atoms with E-state index in [9.17, 15) is 0 Å². The molecule has 0 amide bonds. The minimum absolute atomic E-state index is 0.407. The van der Waals surface area contributed by atoms with E-state index in [1.807, 2.05) is 0 Å². The van der Waals surface area contributed by atoms with Gasteiger partial charge in [0.2, 0.25) is 0 Å². The first-order valence-electron chi connectivity index (χ1n) is 2.30. The van der Waals surface area contributed by atoms with Crippen molar-refractivity contribution in [2.75, 3.05) is 0 Å². The van der Waals surface area contributed by atoms with Crippen LogP contribution in [-0.4, -0.2) is 0 Å². The number of rotatable bonds is 0. The predicted octanol–water partition coefficient (Wildman–Crippen LogP) is 0.889. The molecule has 0 heteroatoms. The summed E-state index contributed by atoms with van der Waals surface area (Å²) in [5, 5.41) is 0. The van der Waals surface area contributed by atoms with Crippen LogP contribution in [0.5, 0.6) is 0 Å². The first-order valence-corrected chi connectivity index (χ1v) is 2.30. The van der Waals surface area contributed by atoms with Crippen LogP contribution in [0.4, 0.5) is 0 Å². The Hall–Kier alpha value is -0.880. The van der Waals surface area contributed by atoms with Crippen molar-refractivity contribution < 1.29 is 0 Å². The molecule has 0 saturated heterocycles. The molecule has 2 atom stereocenters. The predicted molar refractivity (Wildman–Crippen MR) is 29.3 cm³/mol. The maximum atomic E-state index is 5.05. The lowest BCUT2D eigenvalue weighted by Gasteiger charge is -1.69. The smallest absolute Gasteiger partial charge is 0.0350 e. The fraction of sp³-hybridized carbons (Fsp3) is 0.429. The highest BCUT2D eigenvalue weighted by atomic mass is 14.3. The lowest BCUT2D eigenvalue weighted by Crippen LogP contribution is -1.68. The summed E-state index contributed by atoms with van der Waals surface area (Å²) in [5.41, 5.74) is 0. The van der Waals surface area contributed by atoms with Gasteiger partial charge in [0.1, 0.15) is 0 Å². The van der Waals surface area contributed by atoms with Gasteiger partial charge in [0.05, 0.1) is 0 Å². The number of hydrogen-bond donors (Lipinski definition) is 0. The Balaban J connectivity index is 2.39. The molecule has 1 aliphatic carbocycles. The van der Waals surface area contributed by atoms with Gasteiger partial charge in [-0.3, -0.25) is 0 Å². The molecule has 0 radical (unpaired) electrons. The van der Waals surface area contributed by atoms with Gasteiger partial charge in [0, 0.05) is 11.8 Å². The van der Waals surface area contributed by atoms with Crippen LogP contribution in [0.25, 0.3) is 0 Å². The largest absolute Gasteiger partial charge is 0.120 e. The molecule has 0 nitrogen and oxygen atoms in total. The molecular weight excluding hydrogens is 84.1 g/mol. The van der Waals surface area contributed by atoms with E-state index >= 15 is 0 Å². The summed E-state index contributed by atoms with van der Waals surface area (Å²) in [7, 11) is 0. The topological polar surface area (TPSA) is 0 Å². The van der Waals surface area contributed by atoms with Gasteiger partial charge >= 0.3 is 0 Å². The Kier molecular flexibility index (Phi) is 0.807. The van der Waals surface area contributed by atoms with Crippen LogP contribution in [0.3, 0.4) is 0 Å². The quantitative estimate of drug-likeness (QED) is 0.387. The van der Waals surface area contributed by atoms with Crippen LogP contribution in [0.2, 0.25) is 0 Å². The summed E-state index contributed by atoms with van der Waals surface area (Å²) >= 11 is 0. The van der Waals surface area contributed by atoms with Crippen LogP contribution in [-0.2, 0) is 0 Å². The average molecular weight is 90.1 g/mol. The Labute approximate surface area is 43.9 Å². The van der Waals surface area contributed by atoms with Gasteiger partial charge in [-0.2, -0.15) is 0 Å². The molecule has 0 N–H and O–H groups in total. The lowest BCUT2D eigenvalue weighted by atomic mass is 10.3. The highest BCUT2D eigenvalue weighted by Crippen LogP contribution is 2.36. The number of terminal acetylenes is 2. The van der Waals surface area contributed by atoms with Gasteiger partial charge in [0.15, 0.2) is 0 Å². The summed E-state index contributed by atoms with van der Waals surface area (Å²) in [4.78, 5) is 0. The third-order valence-corrected chi connectivity index (χ3v) is 1.22. The van der Waals surface area contributed by atoms with Gasteiger partial charge in [-0.15, -0.1) is 24.7 Å². The van der Waals surface area contributed by atoms with Gasteiger partial charge < -0.3 is 0 Å². The van der Waals surface area contributed by atoms with Gasteiger partial charge in [0.25, 0.3) is 0 Å². The monoisotopic (exact) mass is 90.0 g/mol. The Morgan fingerprint density at radius 2 is 1.57 bits per heavy atom. The molecule has 0 aromatic heterocycles. The second kappa shape index (κ2) is 1.32. The maximum Gasteiger partial charge on any atom is 0.0350 e. The molecule has 0 aromatic carbocycles. The van der Waals surface area contributed by atoms with E-state index in [0.717, 1.165) is 6.42 Å². The fourth-order valence-electron chi connectivity index (χ4n) is 0.563. The molecule has 1 aliphatic rings. The van der Waals surface area contributed by atoms with Crippen molar-refractivity contribution in [2.24, 2.45) is 11.8 Å². The lowest BCUT2D eigenvalue weighted by molar-refractivity contribution is 1.06. The van der Waals surface area contributed by atoms with Crippen molar-refractivity contribution in [3.63, 3.8) is 0 Å². The van der Waals surface area contributed by atoms with Gasteiger partial charge in [-0.1, -0.05) is 0 Å². The van der Waals surface area contributed by atoms with Crippen LogP contribution in [0.1, 0.15) is 6.42 Å². The molecule has 0 bridgehead atoms. The van der Waals surface area contributed by atoms with Crippen molar-refractivity contribution in [3.05, 3.63) is 0 Å². The molecular formula is C7H6. The Bertz CT molecular complexity index is 124. The van der Waals surface area contributed by atoms with Gasteiger partial charge in [-0.25, -0.2) is 0 Å². The van der Waals surface area contributed by atoms with E-state index in [1.165, 1.54) is 0 Å².